The van der Waals surface area contributed by atoms with Gasteiger partial charge in [-0.25, -0.2) is 0 Å². The molecule has 3 N–H and O–H groups in total. The lowest BCUT2D eigenvalue weighted by Gasteiger charge is -2.18. The molecule has 0 atom stereocenters. The van der Waals surface area contributed by atoms with Crippen molar-refractivity contribution in [3.8, 4) is 0 Å². The van der Waals surface area contributed by atoms with Crippen LogP contribution in [0, 0.1) is 13.8 Å². The number of nitrogens with zero attached hydrogens (tertiary/aromatic N) is 3. The van der Waals surface area contributed by atoms with Crippen molar-refractivity contribution in [1.82, 2.24) is 20.0 Å². The fraction of sp³-hybridized carbons (Fsp3) is 0.615. The molecule has 0 radical (unpaired) electrons. The molecule has 2 amide bonds. The molecule has 1 rings (SSSR count). The van der Waals surface area contributed by atoms with E-state index in [1.54, 1.807) is 16.5 Å². The maximum atomic E-state index is 11.8. The number of nitrogens with one attached hydrogen (secondary N) is 1. The summed E-state index contributed by atoms with van der Waals surface area (Å²) in [7, 11) is 0. The first-order valence-corrected chi connectivity index (χ1v) is 6.74. The third-order valence-corrected chi connectivity index (χ3v) is 3.28. The van der Waals surface area contributed by atoms with E-state index in [2.05, 4.69) is 10.4 Å². The molecule has 1 aromatic rings. The van der Waals surface area contributed by atoms with E-state index in [0.717, 1.165) is 5.69 Å². The van der Waals surface area contributed by atoms with Gasteiger partial charge in [0, 0.05) is 13.1 Å². The molecule has 112 valence electrons. The number of rotatable bonds is 6. The molecule has 0 aromatic carbocycles. The minimum atomic E-state index is -0.254. The van der Waals surface area contributed by atoms with Crippen molar-refractivity contribution < 1.29 is 9.59 Å². The van der Waals surface area contributed by atoms with E-state index < -0.39 is 0 Å². The number of carbonyl (C=O) groups is 2. The van der Waals surface area contributed by atoms with Crippen molar-refractivity contribution in [1.29, 1.82) is 0 Å². The molecular weight excluding hydrogens is 258 g/mol. The normalized spacial score (nSPS) is 10.4. The molecule has 7 heteroatoms. The van der Waals surface area contributed by atoms with Gasteiger partial charge in [-0.2, -0.15) is 5.10 Å². The van der Waals surface area contributed by atoms with Gasteiger partial charge >= 0.3 is 0 Å². The Morgan fingerprint density at radius 1 is 1.30 bits per heavy atom. The number of aromatic nitrogens is 2. The zero-order valence-electron chi connectivity index (χ0n) is 12.6. The van der Waals surface area contributed by atoms with Gasteiger partial charge in [0.2, 0.25) is 11.8 Å². The predicted molar refractivity (Wildman–Crippen MR) is 77.1 cm³/mol. The molecule has 0 spiro atoms. The molecular formula is C13H23N5O2. The molecule has 0 unspecified atom stereocenters. The number of anilines is 1. The highest BCUT2D eigenvalue weighted by Crippen LogP contribution is 2.14. The number of nitrogens with two attached hydrogens (primary N) is 1. The van der Waals surface area contributed by atoms with Crippen molar-refractivity contribution in [2.45, 2.75) is 34.2 Å². The van der Waals surface area contributed by atoms with Gasteiger partial charge in [0.15, 0.2) is 0 Å². The second-order valence-corrected chi connectivity index (χ2v) is 4.58. The van der Waals surface area contributed by atoms with Crippen LogP contribution in [0.5, 0.6) is 0 Å². The number of likely N-dealkylation sites (N-methyl/N-ethyl adjacent to an activating group) is 1. The number of hydrogen-bond donors (Lipinski definition) is 2. The Bertz CT molecular complexity index is 491. The Kier molecular flexibility index (Phi) is 5.54. The molecule has 0 fully saturated rings. The summed E-state index contributed by atoms with van der Waals surface area (Å²) in [6.45, 7) is 8.76. The van der Waals surface area contributed by atoms with Crippen molar-refractivity contribution in [3.63, 3.8) is 0 Å². The van der Waals surface area contributed by atoms with Crippen molar-refractivity contribution in [3.05, 3.63) is 11.4 Å². The summed E-state index contributed by atoms with van der Waals surface area (Å²) in [6.07, 6.45) is 0. The van der Waals surface area contributed by atoms with Crippen LogP contribution in [0.4, 0.5) is 5.69 Å². The zero-order valence-corrected chi connectivity index (χ0v) is 12.6. The van der Waals surface area contributed by atoms with Crippen LogP contribution in [0.2, 0.25) is 0 Å². The van der Waals surface area contributed by atoms with Gasteiger partial charge in [0.05, 0.1) is 23.6 Å². The van der Waals surface area contributed by atoms with Gasteiger partial charge in [0.1, 0.15) is 6.54 Å². The number of hydrogen-bond acceptors (Lipinski definition) is 4. The molecule has 0 bridgehead atoms. The van der Waals surface area contributed by atoms with E-state index in [1.807, 2.05) is 20.8 Å². The molecule has 1 heterocycles. The van der Waals surface area contributed by atoms with Crippen LogP contribution in [-0.4, -0.2) is 46.1 Å². The number of carbonyl (C=O) groups excluding carboxylic acids is 2. The largest absolute Gasteiger partial charge is 0.396 e. The summed E-state index contributed by atoms with van der Waals surface area (Å²) in [4.78, 5) is 25.2. The van der Waals surface area contributed by atoms with Gasteiger partial charge < -0.3 is 16.0 Å². The molecule has 1 aromatic heterocycles. The third kappa shape index (κ3) is 3.72. The van der Waals surface area contributed by atoms with E-state index in [-0.39, 0.29) is 24.9 Å². The van der Waals surface area contributed by atoms with Crippen LogP contribution in [-0.2, 0) is 16.1 Å². The first kappa shape index (κ1) is 16.0. The quantitative estimate of drug-likeness (QED) is 0.771. The van der Waals surface area contributed by atoms with E-state index in [1.165, 1.54) is 0 Å². The first-order valence-electron chi connectivity index (χ1n) is 6.74. The lowest BCUT2D eigenvalue weighted by Crippen LogP contribution is -2.41. The van der Waals surface area contributed by atoms with Crippen LogP contribution in [0.3, 0.4) is 0 Å². The summed E-state index contributed by atoms with van der Waals surface area (Å²) in [5.41, 5.74) is 7.86. The second kappa shape index (κ2) is 6.93. The molecule has 0 aliphatic carbocycles. The monoisotopic (exact) mass is 281 g/mol. The lowest BCUT2D eigenvalue weighted by molar-refractivity contribution is -0.132. The Labute approximate surface area is 119 Å². The topological polar surface area (TPSA) is 93.2 Å². The molecule has 7 nitrogen and oxygen atoms in total. The summed E-state index contributed by atoms with van der Waals surface area (Å²) in [5, 5.41) is 6.78. The van der Waals surface area contributed by atoms with Gasteiger partial charge in [-0.05, 0) is 27.7 Å². The van der Waals surface area contributed by atoms with Crippen molar-refractivity contribution in [2.75, 3.05) is 25.4 Å². The fourth-order valence-electron chi connectivity index (χ4n) is 1.92. The summed E-state index contributed by atoms with van der Waals surface area (Å²) in [5.74, 6) is -0.340. The highest BCUT2D eigenvalue weighted by atomic mass is 16.2. The van der Waals surface area contributed by atoms with E-state index in [9.17, 15) is 9.59 Å². The average molecular weight is 281 g/mol. The average Bonchev–Trinajstić information content (AvgIpc) is 2.65. The fourth-order valence-corrected chi connectivity index (χ4v) is 1.92. The number of nitrogen functional groups attached to an aromatic ring is 1. The zero-order chi connectivity index (χ0) is 15.3. The Balaban J connectivity index is 2.52. The summed E-state index contributed by atoms with van der Waals surface area (Å²) in [6, 6.07) is 0. The highest BCUT2D eigenvalue weighted by molar-refractivity contribution is 5.84. The lowest BCUT2D eigenvalue weighted by atomic mass is 10.3. The van der Waals surface area contributed by atoms with Gasteiger partial charge in [-0.3, -0.25) is 14.3 Å². The van der Waals surface area contributed by atoms with Crippen LogP contribution in [0.15, 0.2) is 0 Å². The van der Waals surface area contributed by atoms with Gasteiger partial charge in [-0.15, -0.1) is 0 Å². The number of amides is 2. The maximum absolute atomic E-state index is 11.8. The molecule has 20 heavy (non-hydrogen) atoms. The SMILES string of the molecule is CCN(CC)C(=O)CNC(=O)Cn1nc(C)c(N)c1C. The Hall–Kier alpha value is -2.05. The third-order valence-electron chi connectivity index (χ3n) is 3.28. The summed E-state index contributed by atoms with van der Waals surface area (Å²) < 4.78 is 1.54. The predicted octanol–water partition coefficient (Wildman–Crippen LogP) is 0.0667. The molecule has 0 aliphatic heterocycles. The van der Waals surface area contributed by atoms with E-state index in [4.69, 9.17) is 5.73 Å². The van der Waals surface area contributed by atoms with Crippen LogP contribution in [0.1, 0.15) is 25.2 Å². The highest BCUT2D eigenvalue weighted by Gasteiger charge is 2.14. The standard InChI is InChI=1S/C13H23N5O2/c1-5-17(6-2)12(20)7-15-11(19)8-18-10(4)13(14)9(3)16-18/h5-8,14H2,1-4H3,(H,15,19). The smallest absolute Gasteiger partial charge is 0.242 e. The van der Waals surface area contributed by atoms with Crippen LogP contribution < -0.4 is 11.1 Å². The van der Waals surface area contributed by atoms with Crippen molar-refractivity contribution in [2.24, 2.45) is 0 Å². The minimum absolute atomic E-state index is 0.00922. The van der Waals surface area contributed by atoms with Crippen LogP contribution >= 0.6 is 0 Å². The van der Waals surface area contributed by atoms with E-state index in [0.29, 0.717) is 24.5 Å². The number of aryl methyl sites for hydroxylation is 1. The maximum Gasteiger partial charge on any atom is 0.242 e. The Morgan fingerprint density at radius 2 is 1.90 bits per heavy atom. The molecule has 0 saturated heterocycles. The Morgan fingerprint density at radius 3 is 2.35 bits per heavy atom. The van der Waals surface area contributed by atoms with Gasteiger partial charge in [-0.1, -0.05) is 0 Å². The summed E-state index contributed by atoms with van der Waals surface area (Å²) >= 11 is 0. The molecule has 0 saturated carbocycles. The molecule has 0 aliphatic rings. The van der Waals surface area contributed by atoms with Crippen molar-refractivity contribution >= 4 is 17.5 Å². The van der Waals surface area contributed by atoms with E-state index >= 15 is 0 Å². The second-order valence-electron chi connectivity index (χ2n) is 4.58. The van der Waals surface area contributed by atoms with Gasteiger partial charge in [0.25, 0.3) is 0 Å². The first-order chi connectivity index (χ1) is 9.40. The van der Waals surface area contributed by atoms with Crippen LogP contribution in [0.25, 0.3) is 0 Å². The minimum Gasteiger partial charge on any atom is -0.396 e.